The fourth-order valence-electron chi connectivity index (χ4n) is 3.10. The molecule has 1 aliphatic rings. The largest absolute Gasteiger partial charge is 0.324 e. The van der Waals surface area contributed by atoms with Gasteiger partial charge >= 0.3 is 0 Å². The maximum absolute atomic E-state index is 12.8. The summed E-state index contributed by atoms with van der Waals surface area (Å²) < 4.78 is 0. The van der Waals surface area contributed by atoms with Crippen LogP contribution < -0.4 is 5.32 Å². The van der Waals surface area contributed by atoms with E-state index < -0.39 is 6.04 Å². The molecule has 0 aliphatic carbocycles. The van der Waals surface area contributed by atoms with Gasteiger partial charge in [0.25, 0.3) is 5.91 Å². The lowest BCUT2D eigenvalue weighted by molar-refractivity contribution is -0.121. The molecule has 0 fully saturated rings. The zero-order valence-corrected chi connectivity index (χ0v) is 14.0. The maximum Gasteiger partial charge on any atom is 0.255 e. The first-order valence-electron chi connectivity index (χ1n) is 8.31. The van der Waals surface area contributed by atoms with E-state index in [1.165, 1.54) is 0 Å². The molecule has 1 N–H and O–H groups in total. The van der Waals surface area contributed by atoms with Crippen molar-refractivity contribution < 1.29 is 9.59 Å². The van der Waals surface area contributed by atoms with Crippen molar-refractivity contribution >= 4 is 17.5 Å². The molecular formula is C20H22N2O2. The number of fused-ring (bicyclic) bond motifs is 1. The van der Waals surface area contributed by atoms with Crippen LogP contribution in [0.3, 0.4) is 0 Å². The van der Waals surface area contributed by atoms with Crippen LogP contribution in [0.15, 0.2) is 54.6 Å². The van der Waals surface area contributed by atoms with E-state index >= 15 is 0 Å². The van der Waals surface area contributed by atoms with Crippen molar-refractivity contribution in [3.63, 3.8) is 0 Å². The molecule has 0 saturated heterocycles. The van der Waals surface area contributed by atoms with Gasteiger partial charge in [-0.15, -0.1) is 0 Å². The van der Waals surface area contributed by atoms with Crippen molar-refractivity contribution in [2.45, 2.75) is 32.9 Å². The molecule has 1 heterocycles. The first kappa shape index (κ1) is 16.2. The van der Waals surface area contributed by atoms with Crippen LogP contribution >= 0.6 is 0 Å². The Morgan fingerprint density at radius 2 is 1.75 bits per heavy atom. The zero-order valence-electron chi connectivity index (χ0n) is 14.0. The van der Waals surface area contributed by atoms with Gasteiger partial charge in [-0.05, 0) is 36.1 Å². The van der Waals surface area contributed by atoms with Gasteiger partial charge in [-0.25, -0.2) is 0 Å². The molecule has 0 radical (unpaired) electrons. The monoisotopic (exact) mass is 322 g/mol. The lowest BCUT2D eigenvalue weighted by atomic mass is 10.0. The number of nitrogens with zero attached hydrogens (tertiary/aromatic N) is 1. The second kappa shape index (κ2) is 6.87. The molecule has 124 valence electrons. The summed E-state index contributed by atoms with van der Waals surface area (Å²) in [5.74, 6) is 0.128. The van der Waals surface area contributed by atoms with Gasteiger partial charge in [-0.2, -0.15) is 0 Å². The number of anilines is 1. The lowest BCUT2D eigenvalue weighted by Gasteiger charge is -2.28. The molecule has 24 heavy (non-hydrogen) atoms. The molecule has 0 bridgehead atoms. The molecular weight excluding hydrogens is 300 g/mol. The van der Waals surface area contributed by atoms with Gasteiger partial charge in [0.2, 0.25) is 5.91 Å². The highest BCUT2D eigenvalue weighted by Crippen LogP contribution is 2.27. The first-order chi connectivity index (χ1) is 11.6. The number of nitrogens with one attached hydrogen (secondary N) is 1. The van der Waals surface area contributed by atoms with Gasteiger partial charge in [0, 0.05) is 17.8 Å². The number of rotatable bonds is 5. The Balaban J connectivity index is 1.82. The predicted octanol–water partition coefficient (Wildman–Crippen LogP) is 3.70. The highest BCUT2D eigenvalue weighted by atomic mass is 16.2. The van der Waals surface area contributed by atoms with E-state index in [2.05, 4.69) is 19.2 Å². The van der Waals surface area contributed by atoms with Crippen molar-refractivity contribution in [1.29, 1.82) is 0 Å². The van der Waals surface area contributed by atoms with E-state index in [1.807, 2.05) is 54.6 Å². The summed E-state index contributed by atoms with van der Waals surface area (Å²) in [6, 6.07) is 16.5. The van der Waals surface area contributed by atoms with Gasteiger partial charge in [-0.1, -0.05) is 50.2 Å². The van der Waals surface area contributed by atoms with Crippen molar-refractivity contribution in [3.8, 4) is 0 Å². The van der Waals surface area contributed by atoms with Gasteiger partial charge in [0.1, 0.15) is 6.04 Å². The second-order valence-electron chi connectivity index (χ2n) is 6.59. The van der Waals surface area contributed by atoms with Crippen molar-refractivity contribution in [2.75, 3.05) is 5.32 Å². The van der Waals surface area contributed by atoms with Crippen LogP contribution in [0.25, 0.3) is 0 Å². The van der Waals surface area contributed by atoms with Crippen LogP contribution in [0.1, 0.15) is 36.2 Å². The van der Waals surface area contributed by atoms with E-state index in [-0.39, 0.29) is 11.8 Å². The first-order valence-corrected chi connectivity index (χ1v) is 8.31. The predicted molar refractivity (Wildman–Crippen MR) is 94.6 cm³/mol. The molecule has 0 saturated carbocycles. The Morgan fingerprint density at radius 1 is 1.08 bits per heavy atom. The molecule has 0 unspecified atom stereocenters. The summed E-state index contributed by atoms with van der Waals surface area (Å²) in [6.45, 7) is 4.63. The summed E-state index contributed by atoms with van der Waals surface area (Å²) in [5.41, 5.74) is 2.45. The number of amides is 2. The van der Waals surface area contributed by atoms with Crippen molar-refractivity contribution in [2.24, 2.45) is 5.92 Å². The third-order valence-electron chi connectivity index (χ3n) is 4.26. The lowest BCUT2D eigenvalue weighted by Crippen LogP contribution is -2.45. The molecule has 2 aromatic carbocycles. The van der Waals surface area contributed by atoms with Crippen molar-refractivity contribution in [1.82, 2.24) is 4.90 Å². The van der Waals surface area contributed by atoms with Crippen LogP contribution in [0.2, 0.25) is 0 Å². The Kier molecular flexibility index (Phi) is 4.65. The quantitative estimate of drug-likeness (QED) is 0.912. The number of benzene rings is 2. The van der Waals surface area contributed by atoms with Crippen LogP contribution in [0, 0.1) is 5.92 Å². The van der Waals surface area contributed by atoms with Crippen LogP contribution in [0.5, 0.6) is 0 Å². The number of carbonyl (C=O) groups is 2. The Labute approximate surface area is 142 Å². The molecule has 0 spiro atoms. The maximum atomic E-state index is 12.8. The molecule has 0 aromatic heterocycles. The topological polar surface area (TPSA) is 49.4 Å². The van der Waals surface area contributed by atoms with Gasteiger partial charge in [0.05, 0.1) is 0 Å². The summed E-state index contributed by atoms with van der Waals surface area (Å²) in [7, 11) is 0. The number of carbonyl (C=O) groups excluding carboxylic acids is 2. The Morgan fingerprint density at radius 3 is 2.42 bits per heavy atom. The molecule has 2 amide bonds. The molecule has 4 heteroatoms. The molecule has 2 aromatic rings. The molecule has 3 rings (SSSR count). The van der Waals surface area contributed by atoms with E-state index in [0.717, 1.165) is 11.3 Å². The minimum Gasteiger partial charge on any atom is -0.324 e. The zero-order chi connectivity index (χ0) is 17.1. The fourth-order valence-corrected chi connectivity index (χ4v) is 3.10. The highest BCUT2D eigenvalue weighted by molar-refractivity contribution is 6.03. The summed E-state index contributed by atoms with van der Waals surface area (Å²) in [5, 5.41) is 2.94. The average molecular weight is 322 g/mol. The SMILES string of the molecule is CC(C)C[C@H](C(=O)Nc1ccccc1)N1Cc2ccccc2C1=O. The molecule has 1 aliphatic heterocycles. The average Bonchev–Trinajstić information content (AvgIpc) is 2.90. The van der Waals surface area contributed by atoms with E-state index in [4.69, 9.17) is 0 Å². The Hall–Kier alpha value is -2.62. The third-order valence-corrected chi connectivity index (χ3v) is 4.26. The number of para-hydroxylation sites is 1. The van der Waals surface area contributed by atoms with E-state index in [9.17, 15) is 9.59 Å². The van der Waals surface area contributed by atoms with Gasteiger partial charge < -0.3 is 10.2 Å². The summed E-state index contributed by atoms with van der Waals surface area (Å²) in [6.07, 6.45) is 0.637. The van der Waals surface area contributed by atoms with E-state index in [0.29, 0.717) is 24.4 Å². The van der Waals surface area contributed by atoms with Crippen LogP contribution in [-0.4, -0.2) is 22.8 Å². The second-order valence-corrected chi connectivity index (χ2v) is 6.59. The minimum absolute atomic E-state index is 0.0561. The smallest absolute Gasteiger partial charge is 0.255 e. The van der Waals surface area contributed by atoms with Gasteiger partial charge in [0.15, 0.2) is 0 Å². The Bertz CT molecular complexity index is 740. The normalized spacial score (nSPS) is 14.6. The number of hydrogen-bond acceptors (Lipinski definition) is 2. The van der Waals surface area contributed by atoms with Crippen molar-refractivity contribution in [3.05, 3.63) is 65.7 Å². The van der Waals surface area contributed by atoms with Crippen LogP contribution in [0.4, 0.5) is 5.69 Å². The minimum atomic E-state index is -0.467. The fraction of sp³-hybridized carbons (Fsp3) is 0.300. The summed E-state index contributed by atoms with van der Waals surface area (Å²) >= 11 is 0. The number of hydrogen-bond donors (Lipinski definition) is 1. The molecule has 1 atom stereocenters. The molecule has 4 nitrogen and oxygen atoms in total. The standard InChI is InChI=1S/C20H22N2O2/c1-14(2)12-18(19(23)21-16-9-4-3-5-10-16)22-13-15-8-6-7-11-17(15)20(22)24/h3-11,14,18H,12-13H2,1-2H3,(H,21,23)/t18-/m1/s1. The van der Waals surface area contributed by atoms with Crippen LogP contribution in [-0.2, 0) is 11.3 Å². The van der Waals surface area contributed by atoms with Gasteiger partial charge in [-0.3, -0.25) is 9.59 Å². The van der Waals surface area contributed by atoms with E-state index in [1.54, 1.807) is 4.90 Å². The summed E-state index contributed by atoms with van der Waals surface area (Å²) in [4.78, 5) is 27.2. The highest BCUT2D eigenvalue weighted by Gasteiger charge is 2.36. The third kappa shape index (κ3) is 3.32.